The first-order valence-corrected chi connectivity index (χ1v) is 13.4. The van der Waals surface area contributed by atoms with Gasteiger partial charge < -0.3 is 4.90 Å². The van der Waals surface area contributed by atoms with Crippen molar-refractivity contribution in [1.82, 2.24) is 19.0 Å². The molecule has 10 heteroatoms. The Balaban J connectivity index is 1.51. The van der Waals surface area contributed by atoms with Crippen LogP contribution in [0.5, 0.6) is 0 Å². The Bertz CT molecular complexity index is 1170. The van der Waals surface area contributed by atoms with Gasteiger partial charge in [-0.15, -0.1) is 0 Å². The molecule has 3 aliphatic rings. The van der Waals surface area contributed by atoms with Gasteiger partial charge in [-0.25, -0.2) is 4.98 Å². The number of nitrogens with one attached hydrogen (secondary N) is 3. The number of imidazole rings is 1. The number of pyridine rings is 1. The van der Waals surface area contributed by atoms with Crippen LogP contribution in [0.1, 0.15) is 62.8 Å². The van der Waals surface area contributed by atoms with E-state index >= 15 is 0 Å². The number of aromatic nitrogens is 2. The average Bonchev–Trinajstić information content (AvgIpc) is 3.72. The third-order valence-corrected chi connectivity index (χ3v) is 9.37. The molecule has 2 aliphatic carbocycles. The molecule has 174 valence electrons. The Morgan fingerprint density at radius 2 is 1.97 bits per heavy atom. The first kappa shape index (κ1) is 23.2. The Hall–Kier alpha value is -1.57. The minimum absolute atomic E-state index is 0.155. The number of nitriles is 1. The van der Waals surface area contributed by atoms with E-state index in [2.05, 4.69) is 40.7 Å². The number of piperidine rings is 1. The molecule has 5 rings (SSSR count). The molecule has 33 heavy (non-hydrogen) atoms. The summed E-state index contributed by atoms with van der Waals surface area (Å²) in [5, 5.41) is 27.3. The molecule has 2 aromatic heterocycles. The number of fused-ring (bicyclic) bond motifs is 1. The lowest BCUT2D eigenvalue weighted by molar-refractivity contribution is 0.255. The largest absolute Gasteiger partial charge is 0.306 e. The summed E-state index contributed by atoms with van der Waals surface area (Å²) in [6.45, 7) is 4.32. The van der Waals surface area contributed by atoms with Gasteiger partial charge in [0.15, 0.2) is 11.0 Å². The molecule has 3 N–H and O–H groups in total. The number of hydrogen-bond acceptors (Lipinski definition) is 8. The van der Waals surface area contributed by atoms with E-state index in [1.807, 2.05) is 10.6 Å². The van der Waals surface area contributed by atoms with Crippen molar-refractivity contribution in [3.8, 4) is 6.07 Å². The van der Waals surface area contributed by atoms with Crippen LogP contribution in [0.4, 0.5) is 0 Å². The number of thioether (sulfide) groups is 1. The quantitative estimate of drug-likeness (QED) is 0.282. The highest BCUT2D eigenvalue weighted by molar-refractivity contribution is 8.26. The number of nitrogens with zero attached hydrogens (tertiary/aromatic N) is 4. The first-order valence-electron chi connectivity index (χ1n) is 11.3. The Morgan fingerprint density at radius 1 is 1.27 bits per heavy atom. The molecule has 0 bridgehead atoms. The van der Waals surface area contributed by atoms with E-state index in [1.54, 1.807) is 11.9 Å². The summed E-state index contributed by atoms with van der Waals surface area (Å²) < 4.78 is 5.52. The molecule has 7 nitrogen and oxygen atoms in total. The van der Waals surface area contributed by atoms with Crippen LogP contribution in [0.25, 0.3) is 5.52 Å². The van der Waals surface area contributed by atoms with E-state index in [1.165, 1.54) is 18.4 Å². The zero-order valence-corrected chi connectivity index (χ0v) is 21.3. The van der Waals surface area contributed by atoms with Crippen LogP contribution in [0.3, 0.4) is 0 Å². The molecule has 1 aliphatic heterocycles. The van der Waals surface area contributed by atoms with E-state index < -0.39 is 5.41 Å². The Kier molecular flexibility index (Phi) is 6.03. The van der Waals surface area contributed by atoms with Crippen LogP contribution in [0.15, 0.2) is 17.2 Å². The monoisotopic (exact) mass is 501 g/mol. The lowest BCUT2D eigenvalue weighted by Gasteiger charge is -2.30. The molecule has 0 amide bonds. The highest BCUT2D eigenvalue weighted by atomic mass is 35.5. The molecule has 1 saturated heterocycles. The molecule has 0 atom stereocenters. The lowest BCUT2D eigenvalue weighted by atomic mass is 9.89. The van der Waals surface area contributed by atoms with E-state index in [4.69, 9.17) is 22.4 Å². The molecule has 0 aromatic carbocycles. The average molecular weight is 502 g/mol. The van der Waals surface area contributed by atoms with Crippen molar-refractivity contribution in [2.45, 2.75) is 61.8 Å². The standard InChI is InChI=1S/C23H28ClN7S2/c1-22(5-6-22)29-33-15-11-16(14-3-9-30(2)10-4-14)17-18(24)28-20(31(17)12-15)19(26)32-21(27)23(13-25)7-8-23/h11-12,14,26-27,29H,3-10H2,1-2H3. The summed E-state index contributed by atoms with van der Waals surface area (Å²) in [6.07, 6.45) is 7.86. The molecule has 0 radical (unpaired) electrons. The summed E-state index contributed by atoms with van der Waals surface area (Å²) in [6, 6.07) is 4.48. The van der Waals surface area contributed by atoms with Crippen LogP contribution >= 0.6 is 35.3 Å². The van der Waals surface area contributed by atoms with Gasteiger partial charge in [-0.1, -0.05) is 23.4 Å². The second-order valence-electron chi connectivity index (χ2n) is 9.87. The van der Waals surface area contributed by atoms with Crippen molar-refractivity contribution in [2.75, 3.05) is 20.1 Å². The third-order valence-electron chi connectivity index (χ3n) is 7.08. The fourth-order valence-corrected chi connectivity index (χ4v) is 6.33. The van der Waals surface area contributed by atoms with Crippen molar-refractivity contribution >= 4 is 50.9 Å². The normalized spacial score (nSPS) is 21.6. The Morgan fingerprint density at radius 3 is 2.58 bits per heavy atom. The predicted molar refractivity (Wildman–Crippen MR) is 136 cm³/mol. The summed E-state index contributed by atoms with van der Waals surface area (Å²) in [5.41, 5.74) is 1.53. The van der Waals surface area contributed by atoms with Gasteiger partial charge in [0, 0.05) is 16.6 Å². The lowest BCUT2D eigenvalue weighted by Crippen LogP contribution is -2.29. The fourth-order valence-electron chi connectivity index (χ4n) is 4.25. The van der Waals surface area contributed by atoms with Crippen molar-refractivity contribution < 1.29 is 0 Å². The van der Waals surface area contributed by atoms with Gasteiger partial charge in [0.05, 0.1) is 16.6 Å². The van der Waals surface area contributed by atoms with Gasteiger partial charge in [-0.2, -0.15) is 5.26 Å². The molecule has 2 aromatic rings. The number of hydrogen-bond donors (Lipinski definition) is 3. The minimum Gasteiger partial charge on any atom is -0.306 e. The molecular formula is C23H28ClN7S2. The van der Waals surface area contributed by atoms with Crippen molar-refractivity contribution in [3.05, 3.63) is 28.8 Å². The van der Waals surface area contributed by atoms with Gasteiger partial charge >= 0.3 is 0 Å². The van der Waals surface area contributed by atoms with Crippen LogP contribution in [-0.2, 0) is 0 Å². The van der Waals surface area contributed by atoms with E-state index in [9.17, 15) is 5.26 Å². The topological polar surface area (TPSA) is 104 Å². The fraction of sp³-hybridized carbons (Fsp3) is 0.565. The minimum atomic E-state index is -0.711. The third kappa shape index (κ3) is 4.56. The van der Waals surface area contributed by atoms with Crippen LogP contribution < -0.4 is 4.72 Å². The summed E-state index contributed by atoms with van der Waals surface area (Å²) in [4.78, 5) is 7.99. The number of likely N-dealkylation sites (tertiary alicyclic amines) is 1. The van der Waals surface area contributed by atoms with Gasteiger partial charge in [-0.3, -0.25) is 19.9 Å². The maximum atomic E-state index is 9.42. The van der Waals surface area contributed by atoms with E-state index in [-0.39, 0.29) is 15.6 Å². The van der Waals surface area contributed by atoms with Gasteiger partial charge in [0.25, 0.3) is 0 Å². The molecule has 0 spiro atoms. The molecule has 0 unspecified atom stereocenters. The van der Waals surface area contributed by atoms with Crippen LogP contribution in [-0.4, -0.2) is 50.0 Å². The summed E-state index contributed by atoms with van der Waals surface area (Å²) >= 11 is 9.33. The summed E-state index contributed by atoms with van der Waals surface area (Å²) in [5.74, 6) is 0.823. The van der Waals surface area contributed by atoms with Gasteiger partial charge in [0.2, 0.25) is 0 Å². The SMILES string of the molecule is CN1CCC(c2cc(SNC3(C)CC3)cn3c(C(=N)SC(=N)C4(C#N)CC4)nc(Cl)c23)CC1. The second-order valence-corrected chi connectivity index (χ2v) is 12.1. The first-order chi connectivity index (χ1) is 15.7. The maximum absolute atomic E-state index is 9.42. The molecular weight excluding hydrogens is 474 g/mol. The molecule has 2 saturated carbocycles. The van der Waals surface area contributed by atoms with Crippen molar-refractivity contribution in [3.63, 3.8) is 0 Å². The molecule has 3 heterocycles. The number of halogens is 1. The second kappa shape index (κ2) is 8.58. The van der Waals surface area contributed by atoms with Crippen molar-refractivity contribution in [1.29, 1.82) is 16.1 Å². The predicted octanol–water partition coefficient (Wildman–Crippen LogP) is 5.29. The van der Waals surface area contributed by atoms with E-state index in [0.717, 1.165) is 48.1 Å². The zero-order chi connectivity index (χ0) is 23.4. The van der Waals surface area contributed by atoms with Crippen LogP contribution in [0.2, 0.25) is 5.15 Å². The van der Waals surface area contributed by atoms with Gasteiger partial charge in [0.1, 0.15) is 10.5 Å². The summed E-state index contributed by atoms with van der Waals surface area (Å²) in [7, 11) is 2.16. The maximum Gasteiger partial charge on any atom is 0.171 e. The highest BCUT2D eigenvalue weighted by Gasteiger charge is 2.48. The number of rotatable bonds is 6. The highest BCUT2D eigenvalue weighted by Crippen LogP contribution is 2.49. The smallest absolute Gasteiger partial charge is 0.171 e. The Labute approximate surface area is 207 Å². The van der Waals surface area contributed by atoms with E-state index in [0.29, 0.717) is 29.7 Å². The molecule has 3 fully saturated rings. The van der Waals surface area contributed by atoms with Crippen molar-refractivity contribution in [2.24, 2.45) is 5.41 Å². The zero-order valence-electron chi connectivity index (χ0n) is 18.9. The van der Waals surface area contributed by atoms with Crippen LogP contribution in [0, 0.1) is 27.6 Å². The van der Waals surface area contributed by atoms with Gasteiger partial charge in [-0.05, 0) is 95.1 Å².